The highest BCUT2D eigenvalue weighted by Crippen LogP contribution is 2.32. The topological polar surface area (TPSA) is 108 Å². The first-order valence-electron chi connectivity index (χ1n) is 12.4. The van der Waals surface area contributed by atoms with E-state index in [-0.39, 0.29) is 35.7 Å². The lowest BCUT2D eigenvalue weighted by molar-refractivity contribution is -0.137. The van der Waals surface area contributed by atoms with Crippen LogP contribution in [0.25, 0.3) is 0 Å². The molecule has 2 aromatic rings. The van der Waals surface area contributed by atoms with Crippen LogP contribution in [0.4, 0.5) is 0 Å². The first-order valence-corrected chi connectivity index (χ1v) is 14.8. The Morgan fingerprint density at radius 3 is 2.40 bits per heavy atom. The zero-order chi connectivity index (χ0) is 24.8. The Morgan fingerprint density at radius 1 is 1.03 bits per heavy atom. The minimum absolute atomic E-state index is 0.0897. The lowest BCUT2D eigenvalue weighted by Gasteiger charge is -2.34. The molecule has 0 bridgehead atoms. The monoisotopic (exact) mass is 518 g/mol. The van der Waals surface area contributed by atoms with Crippen LogP contribution in [0.3, 0.4) is 0 Å². The number of thiazole rings is 1. The highest BCUT2D eigenvalue weighted by atomic mass is 32.2. The number of aryl methyl sites for hydroxylation is 1. The fourth-order valence-corrected chi connectivity index (χ4v) is 6.79. The second kappa shape index (κ2) is 11.6. The number of rotatable bonds is 8. The lowest BCUT2D eigenvalue weighted by atomic mass is 9.87. The van der Waals surface area contributed by atoms with Crippen molar-refractivity contribution in [3.8, 4) is 0 Å². The molecule has 2 amide bonds. The van der Waals surface area contributed by atoms with Crippen LogP contribution in [0.2, 0.25) is 0 Å². The molecule has 1 aliphatic heterocycles. The Hall–Kier alpha value is -2.30. The summed E-state index contributed by atoms with van der Waals surface area (Å²) in [5.74, 6) is 0.474. The Morgan fingerprint density at radius 2 is 1.71 bits per heavy atom. The molecule has 2 aliphatic rings. The number of likely N-dealkylation sites (tertiary alicyclic amines) is 1. The Kier molecular flexibility index (Phi) is 8.56. The fourth-order valence-electron chi connectivity index (χ4n) is 4.79. The van der Waals surface area contributed by atoms with E-state index < -0.39 is 10.0 Å². The molecule has 1 aromatic heterocycles. The number of nitrogens with one attached hydrogen (secondary N) is 2. The lowest BCUT2D eigenvalue weighted by Crippen LogP contribution is -2.41. The van der Waals surface area contributed by atoms with Crippen LogP contribution in [0.1, 0.15) is 71.9 Å². The van der Waals surface area contributed by atoms with E-state index >= 15 is 0 Å². The maximum Gasteiger partial charge on any atom is 0.270 e. The van der Waals surface area contributed by atoms with E-state index in [1.165, 1.54) is 17.8 Å². The number of piperidine rings is 1. The van der Waals surface area contributed by atoms with Gasteiger partial charge in [0.25, 0.3) is 5.91 Å². The maximum absolute atomic E-state index is 12.8. The third-order valence-electron chi connectivity index (χ3n) is 6.90. The summed E-state index contributed by atoms with van der Waals surface area (Å²) in [6.45, 7) is 3.65. The van der Waals surface area contributed by atoms with E-state index in [4.69, 9.17) is 0 Å². The highest BCUT2D eigenvalue weighted by Gasteiger charge is 2.30. The van der Waals surface area contributed by atoms with Crippen molar-refractivity contribution < 1.29 is 18.0 Å². The van der Waals surface area contributed by atoms with Gasteiger partial charge >= 0.3 is 0 Å². The number of amides is 2. The van der Waals surface area contributed by atoms with Gasteiger partial charge in [-0.15, -0.1) is 11.3 Å². The molecule has 190 valence electrons. The van der Waals surface area contributed by atoms with Gasteiger partial charge in [0.05, 0.1) is 9.90 Å². The summed E-state index contributed by atoms with van der Waals surface area (Å²) in [7, 11) is -3.61. The van der Waals surface area contributed by atoms with E-state index in [9.17, 15) is 18.0 Å². The van der Waals surface area contributed by atoms with Gasteiger partial charge < -0.3 is 10.2 Å². The predicted molar refractivity (Wildman–Crippen MR) is 136 cm³/mol. The molecule has 35 heavy (non-hydrogen) atoms. The van der Waals surface area contributed by atoms with E-state index in [2.05, 4.69) is 15.0 Å². The molecule has 2 N–H and O–H groups in total. The van der Waals surface area contributed by atoms with Crippen LogP contribution in [-0.4, -0.2) is 56.3 Å². The standard InChI is InChI=1S/C25H34N4O4S2/c1-18-7-9-21(10-8-18)35(32,33)27-14-13-26-23(30)22-17-34-24(28-22)19-11-15-29(16-12-19)25(31)20-5-3-2-4-6-20/h7-10,17,19-20,27H,2-6,11-16H2,1H3,(H,26,30). The molecule has 1 aromatic carbocycles. The third-order valence-corrected chi connectivity index (χ3v) is 9.38. The molecule has 1 aliphatic carbocycles. The molecule has 0 atom stereocenters. The van der Waals surface area contributed by atoms with Crippen LogP contribution >= 0.6 is 11.3 Å². The Bertz CT molecular complexity index is 1120. The van der Waals surface area contributed by atoms with Gasteiger partial charge in [0.1, 0.15) is 5.69 Å². The second-order valence-electron chi connectivity index (χ2n) is 9.47. The Labute approximate surface area is 211 Å². The first-order chi connectivity index (χ1) is 16.8. The van der Waals surface area contributed by atoms with Crippen molar-refractivity contribution >= 4 is 33.2 Å². The molecule has 2 heterocycles. The number of carbonyl (C=O) groups is 2. The van der Waals surface area contributed by atoms with Crippen molar-refractivity contribution in [2.75, 3.05) is 26.2 Å². The second-order valence-corrected chi connectivity index (χ2v) is 12.1. The Balaban J connectivity index is 1.21. The summed E-state index contributed by atoms with van der Waals surface area (Å²) in [6.07, 6.45) is 7.36. The van der Waals surface area contributed by atoms with Gasteiger partial charge in [-0.2, -0.15) is 0 Å². The quantitative estimate of drug-likeness (QED) is 0.521. The first kappa shape index (κ1) is 25.8. The van der Waals surface area contributed by atoms with Crippen molar-refractivity contribution in [3.05, 3.63) is 45.9 Å². The van der Waals surface area contributed by atoms with Gasteiger partial charge in [-0.3, -0.25) is 9.59 Å². The average Bonchev–Trinajstić information content (AvgIpc) is 3.37. The molecule has 8 nitrogen and oxygen atoms in total. The normalized spacial score (nSPS) is 17.9. The third kappa shape index (κ3) is 6.68. The van der Waals surface area contributed by atoms with Crippen LogP contribution in [0, 0.1) is 12.8 Å². The highest BCUT2D eigenvalue weighted by molar-refractivity contribution is 7.89. The van der Waals surface area contributed by atoms with Crippen molar-refractivity contribution in [1.29, 1.82) is 0 Å². The largest absolute Gasteiger partial charge is 0.349 e. The molecular formula is C25H34N4O4S2. The molecular weight excluding hydrogens is 484 g/mol. The molecule has 4 rings (SSSR count). The summed E-state index contributed by atoms with van der Waals surface area (Å²) >= 11 is 1.48. The van der Waals surface area contributed by atoms with Crippen molar-refractivity contribution in [1.82, 2.24) is 19.9 Å². The van der Waals surface area contributed by atoms with Gasteiger partial charge in [-0.05, 0) is 44.7 Å². The van der Waals surface area contributed by atoms with Gasteiger partial charge in [0.15, 0.2) is 0 Å². The maximum atomic E-state index is 12.8. The van der Waals surface area contributed by atoms with Gasteiger partial charge in [0, 0.05) is 43.4 Å². The van der Waals surface area contributed by atoms with E-state index in [0.29, 0.717) is 11.6 Å². The molecule has 0 spiro atoms. The van der Waals surface area contributed by atoms with Crippen molar-refractivity contribution in [3.63, 3.8) is 0 Å². The fraction of sp³-hybridized carbons (Fsp3) is 0.560. The molecule has 10 heteroatoms. The van der Waals surface area contributed by atoms with Gasteiger partial charge in [-0.25, -0.2) is 18.1 Å². The molecule has 0 radical (unpaired) electrons. The molecule has 2 fully saturated rings. The summed E-state index contributed by atoms with van der Waals surface area (Å²) in [4.78, 5) is 32.0. The molecule has 0 unspecified atom stereocenters. The van der Waals surface area contributed by atoms with Crippen LogP contribution in [-0.2, 0) is 14.8 Å². The number of aromatic nitrogens is 1. The summed E-state index contributed by atoms with van der Waals surface area (Å²) in [5, 5.41) is 5.41. The minimum Gasteiger partial charge on any atom is -0.349 e. The molecule has 1 saturated carbocycles. The zero-order valence-corrected chi connectivity index (χ0v) is 21.8. The van der Waals surface area contributed by atoms with E-state index in [1.807, 2.05) is 11.8 Å². The van der Waals surface area contributed by atoms with Gasteiger partial charge in [0.2, 0.25) is 15.9 Å². The van der Waals surface area contributed by atoms with Crippen molar-refractivity contribution in [2.24, 2.45) is 5.92 Å². The van der Waals surface area contributed by atoms with Crippen LogP contribution < -0.4 is 10.0 Å². The SMILES string of the molecule is Cc1ccc(S(=O)(=O)NCCNC(=O)c2csc(C3CCN(C(=O)C4CCCCC4)CC3)n2)cc1. The predicted octanol–water partition coefficient (Wildman–Crippen LogP) is 3.45. The molecule has 1 saturated heterocycles. The van der Waals surface area contributed by atoms with Crippen LogP contribution in [0.15, 0.2) is 34.5 Å². The number of benzene rings is 1. The number of hydrogen-bond acceptors (Lipinski definition) is 6. The van der Waals surface area contributed by atoms with E-state index in [0.717, 1.165) is 62.2 Å². The number of sulfonamides is 1. The summed E-state index contributed by atoms with van der Waals surface area (Å²) < 4.78 is 27.2. The number of nitrogens with zero attached hydrogens (tertiary/aromatic N) is 2. The minimum atomic E-state index is -3.61. The number of carbonyl (C=O) groups excluding carboxylic acids is 2. The summed E-state index contributed by atoms with van der Waals surface area (Å²) in [5.41, 5.74) is 1.34. The summed E-state index contributed by atoms with van der Waals surface area (Å²) in [6, 6.07) is 6.61. The van der Waals surface area contributed by atoms with Crippen molar-refractivity contribution in [2.45, 2.75) is 62.7 Å². The number of hydrogen-bond donors (Lipinski definition) is 2. The average molecular weight is 519 g/mol. The van der Waals surface area contributed by atoms with Crippen LogP contribution in [0.5, 0.6) is 0 Å². The van der Waals surface area contributed by atoms with E-state index in [1.54, 1.807) is 29.6 Å². The zero-order valence-electron chi connectivity index (χ0n) is 20.2. The smallest absolute Gasteiger partial charge is 0.270 e. The van der Waals surface area contributed by atoms with Gasteiger partial charge in [-0.1, -0.05) is 37.0 Å².